The van der Waals surface area contributed by atoms with E-state index in [-0.39, 0.29) is 11.9 Å². The molecule has 2 nitrogen and oxygen atoms in total. The Morgan fingerprint density at radius 1 is 1.19 bits per heavy atom. The molecule has 112 valence electrons. The first-order chi connectivity index (χ1) is 9.97. The van der Waals surface area contributed by atoms with Crippen molar-refractivity contribution in [2.75, 3.05) is 11.9 Å². The van der Waals surface area contributed by atoms with Crippen molar-refractivity contribution in [3.63, 3.8) is 0 Å². The van der Waals surface area contributed by atoms with Gasteiger partial charge in [0.2, 0.25) is 0 Å². The summed E-state index contributed by atoms with van der Waals surface area (Å²) in [6.45, 7) is 2.64. The van der Waals surface area contributed by atoms with E-state index in [1.165, 1.54) is 12.1 Å². The van der Waals surface area contributed by atoms with Crippen LogP contribution in [0.1, 0.15) is 18.1 Å². The molecule has 1 unspecified atom stereocenters. The molecule has 0 saturated heterocycles. The van der Waals surface area contributed by atoms with Gasteiger partial charge >= 0.3 is 0 Å². The Morgan fingerprint density at radius 2 is 1.86 bits per heavy atom. The number of nitrogens with zero attached hydrogens (tertiary/aromatic N) is 1. The minimum absolute atomic E-state index is 0.0708. The van der Waals surface area contributed by atoms with Crippen LogP contribution in [0.25, 0.3) is 0 Å². The van der Waals surface area contributed by atoms with E-state index in [1.54, 1.807) is 12.1 Å². The topological polar surface area (TPSA) is 29.3 Å². The van der Waals surface area contributed by atoms with Crippen LogP contribution in [0.5, 0.6) is 0 Å². The molecular formula is C17H20ClFN2. The number of nitrogens with two attached hydrogens (primary N) is 1. The van der Waals surface area contributed by atoms with Gasteiger partial charge in [-0.1, -0.05) is 35.9 Å². The number of benzene rings is 2. The van der Waals surface area contributed by atoms with Crippen molar-refractivity contribution < 1.29 is 4.39 Å². The summed E-state index contributed by atoms with van der Waals surface area (Å²) in [6, 6.07) is 12.4. The number of hydrogen-bond donors (Lipinski definition) is 1. The third-order valence-electron chi connectivity index (χ3n) is 3.33. The highest BCUT2D eigenvalue weighted by Crippen LogP contribution is 2.31. The maximum absolute atomic E-state index is 13.0. The number of hydrogen-bond acceptors (Lipinski definition) is 2. The van der Waals surface area contributed by atoms with Crippen LogP contribution >= 0.6 is 11.6 Å². The fourth-order valence-electron chi connectivity index (χ4n) is 2.44. The van der Waals surface area contributed by atoms with Gasteiger partial charge in [0.1, 0.15) is 5.82 Å². The molecule has 0 amide bonds. The van der Waals surface area contributed by atoms with Crippen molar-refractivity contribution in [1.82, 2.24) is 0 Å². The lowest BCUT2D eigenvalue weighted by Gasteiger charge is -2.24. The molecule has 0 radical (unpaired) electrons. The average molecular weight is 307 g/mol. The Labute approximate surface area is 130 Å². The van der Waals surface area contributed by atoms with Crippen molar-refractivity contribution in [3.05, 3.63) is 64.4 Å². The minimum atomic E-state index is -0.225. The van der Waals surface area contributed by atoms with E-state index in [0.29, 0.717) is 11.6 Å². The van der Waals surface area contributed by atoms with Gasteiger partial charge in [0.05, 0.1) is 10.7 Å². The summed E-state index contributed by atoms with van der Waals surface area (Å²) >= 11 is 6.36. The Morgan fingerprint density at radius 3 is 2.48 bits per heavy atom. The molecule has 0 spiro atoms. The lowest BCUT2D eigenvalue weighted by Crippen LogP contribution is -2.22. The summed E-state index contributed by atoms with van der Waals surface area (Å²) in [5.74, 6) is -0.225. The molecule has 0 aromatic heterocycles. The predicted molar refractivity (Wildman–Crippen MR) is 87.3 cm³/mol. The molecule has 2 N–H and O–H groups in total. The third-order valence-corrected chi connectivity index (χ3v) is 3.63. The fourth-order valence-corrected chi connectivity index (χ4v) is 2.78. The van der Waals surface area contributed by atoms with Crippen molar-refractivity contribution >= 4 is 17.3 Å². The predicted octanol–water partition coefficient (Wildman–Crippen LogP) is 4.01. The quantitative estimate of drug-likeness (QED) is 0.904. The van der Waals surface area contributed by atoms with Gasteiger partial charge in [0.25, 0.3) is 0 Å². The van der Waals surface area contributed by atoms with Crippen molar-refractivity contribution in [1.29, 1.82) is 0 Å². The summed E-state index contributed by atoms with van der Waals surface area (Å²) < 4.78 is 13.0. The van der Waals surface area contributed by atoms with Gasteiger partial charge in [-0.2, -0.15) is 0 Å². The molecule has 0 bridgehead atoms. The van der Waals surface area contributed by atoms with E-state index in [1.807, 2.05) is 32.2 Å². The minimum Gasteiger partial charge on any atom is -0.369 e. The van der Waals surface area contributed by atoms with Crippen LogP contribution in [-0.2, 0) is 13.0 Å². The summed E-state index contributed by atoms with van der Waals surface area (Å²) in [7, 11) is 1.98. The van der Waals surface area contributed by atoms with Gasteiger partial charge in [-0.25, -0.2) is 4.39 Å². The maximum atomic E-state index is 13.0. The lowest BCUT2D eigenvalue weighted by molar-refractivity contribution is 0.627. The van der Waals surface area contributed by atoms with Gasteiger partial charge in [-0.15, -0.1) is 0 Å². The number of anilines is 1. The summed E-state index contributed by atoms with van der Waals surface area (Å²) in [6.07, 6.45) is 0.768. The molecule has 0 aliphatic heterocycles. The van der Waals surface area contributed by atoms with Gasteiger partial charge in [-0.05, 0) is 42.7 Å². The van der Waals surface area contributed by atoms with Crippen molar-refractivity contribution in [2.45, 2.75) is 25.9 Å². The molecule has 2 aromatic rings. The molecule has 0 aliphatic rings. The van der Waals surface area contributed by atoms with Gasteiger partial charge in [-0.3, -0.25) is 0 Å². The smallest absolute Gasteiger partial charge is 0.123 e. The highest BCUT2D eigenvalue weighted by molar-refractivity contribution is 6.33. The van der Waals surface area contributed by atoms with E-state index >= 15 is 0 Å². The standard InChI is InChI=1S/C17H20ClFN2/c1-12(20)10-14-4-3-5-16(18)17(14)21(2)11-13-6-8-15(19)9-7-13/h3-9,12H,10-11,20H2,1-2H3. The monoisotopic (exact) mass is 306 g/mol. The summed E-state index contributed by atoms with van der Waals surface area (Å²) in [5.41, 5.74) is 9.06. The van der Waals surface area contributed by atoms with E-state index in [0.717, 1.165) is 23.2 Å². The van der Waals surface area contributed by atoms with Crippen LogP contribution < -0.4 is 10.6 Å². The van der Waals surface area contributed by atoms with E-state index in [2.05, 4.69) is 4.90 Å². The first-order valence-corrected chi connectivity index (χ1v) is 7.33. The normalized spacial score (nSPS) is 12.2. The zero-order valence-corrected chi connectivity index (χ0v) is 13.1. The van der Waals surface area contributed by atoms with Crippen molar-refractivity contribution in [3.8, 4) is 0 Å². The zero-order valence-electron chi connectivity index (χ0n) is 12.3. The van der Waals surface area contributed by atoms with Crippen LogP contribution in [0, 0.1) is 5.82 Å². The highest BCUT2D eigenvalue weighted by atomic mass is 35.5. The fraction of sp³-hybridized carbons (Fsp3) is 0.294. The summed E-state index contributed by atoms with van der Waals surface area (Å²) in [4.78, 5) is 2.08. The number of para-hydroxylation sites is 1. The Hall–Kier alpha value is -1.58. The van der Waals surface area contributed by atoms with Crippen LogP contribution in [0.2, 0.25) is 5.02 Å². The van der Waals surface area contributed by atoms with Crippen molar-refractivity contribution in [2.24, 2.45) is 5.73 Å². The molecule has 2 aromatic carbocycles. The summed E-state index contributed by atoms with van der Waals surface area (Å²) in [5, 5.41) is 0.706. The van der Waals surface area contributed by atoms with Gasteiger partial charge in [0.15, 0.2) is 0 Å². The Balaban J connectivity index is 2.25. The molecule has 0 fully saturated rings. The third kappa shape index (κ3) is 4.19. The largest absolute Gasteiger partial charge is 0.369 e. The number of halogens is 2. The maximum Gasteiger partial charge on any atom is 0.123 e. The molecule has 2 rings (SSSR count). The van der Waals surface area contributed by atoms with Crippen LogP contribution in [0.4, 0.5) is 10.1 Å². The Kier molecular flexibility index (Phi) is 5.21. The first-order valence-electron chi connectivity index (χ1n) is 6.96. The first kappa shape index (κ1) is 15.8. The van der Waals surface area contributed by atoms with E-state index < -0.39 is 0 Å². The second kappa shape index (κ2) is 6.92. The average Bonchev–Trinajstić information content (AvgIpc) is 2.40. The molecule has 0 heterocycles. The SMILES string of the molecule is CC(N)Cc1cccc(Cl)c1N(C)Cc1ccc(F)cc1. The second-order valence-corrected chi connectivity index (χ2v) is 5.82. The molecule has 0 aliphatic carbocycles. The van der Waals surface area contributed by atoms with E-state index in [4.69, 9.17) is 17.3 Å². The Bertz CT molecular complexity index is 596. The molecule has 0 saturated carbocycles. The van der Waals surface area contributed by atoms with Crippen LogP contribution in [0.15, 0.2) is 42.5 Å². The molecule has 4 heteroatoms. The number of rotatable bonds is 5. The van der Waals surface area contributed by atoms with Crippen LogP contribution in [-0.4, -0.2) is 13.1 Å². The molecule has 21 heavy (non-hydrogen) atoms. The van der Waals surface area contributed by atoms with Gasteiger partial charge < -0.3 is 10.6 Å². The lowest BCUT2D eigenvalue weighted by atomic mass is 10.0. The zero-order chi connectivity index (χ0) is 15.4. The molecule has 1 atom stereocenters. The molecular weight excluding hydrogens is 287 g/mol. The van der Waals surface area contributed by atoms with Gasteiger partial charge in [0, 0.05) is 19.6 Å². The van der Waals surface area contributed by atoms with E-state index in [9.17, 15) is 4.39 Å². The second-order valence-electron chi connectivity index (χ2n) is 5.41. The highest BCUT2D eigenvalue weighted by Gasteiger charge is 2.13. The van der Waals surface area contributed by atoms with Crippen LogP contribution in [0.3, 0.4) is 0 Å².